The van der Waals surface area contributed by atoms with Crippen molar-refractivity contribution in [1.29, 1.82) is 0 Å². The highest BCUT2D eigenvalue weighted by molar-refractivity contribution is 5.94. The molecule has 1 aliphatic rings. The molecule has 0 radical (unpaired) electrons. The molecule has 0 unspecified atom stereocenters. The molecule has 2 heterocycles. The average Bonchev–Trinajstić information content (AvgIpc) is 2.73. The lowest BCUT2D eigenvalue weighted by molar-refractivity contribution is -0.130. The molecule has 0 saturated carbocycles. The molecule has 1 aromatic carbocycles. The van der Waals surface area contributed by atoms with E-state index in [1.807, 2.05) is 12.1 Å². The second-order valence-electron chi connectivity index (χ2n) is 6.43. The van der Waals surface area contributed by atoms with Crippen LogP contribution < -0.4 is 14.8 Å². The molecule has 28 heavy (non-hydrogen) atoms. The van der Waals surface area contributed by atoms with Crippen LogP contribution in [0.25, 0.3) is 0 Å². The predicted octanol–water partition coefficient (Wildman–Crippen LogP) is 2.15. The SMILES string of the molecule is COc1ccc(Nc2ccc(C(=O)N3CCN(C(C)=O)CC3)cn2)cc1OC. The van der Waals surface area contributed by atoms with Crippen molar-refractivity contribution in [3.8, 4) is 11.5 Å². The summed E-state index contributed by atoms with van der Waals surface area (Å²) in [5.74, 6) is 1.84. The second kappa shape index (κ2) is 8.60. The van der Waals surface area contributed by atoms with E-state index in [2.05, 4.69) is 10.3 Å². The number of ether oxygens (including phenoxy) is 2. The molecule has 1 saturated heterocycles. The molecule has 8 heteroatoms. The smallest absolute Gasteiger partial charge is 0.255 e. The van der Waals surface area contributed by atoms with Gasteiger partial charge in [0, 0.05) is 51.1 Å². The number of amides is 2. The molecule has 0 bridgehead atoms. The molecular weight excluding hydrogens is 360 g/mol. The summed E-state index contributed by atoms with van der Waals surface area (Å²) in [5.41, 5.74) is 1.32. The number of aromatic nitrogens is 1. The van der Waals surface area contributed by atoms with E-state index in [-0.39, 0.29) is 11.8 Å². The van der Waals surface area contributed by atoms with E-state index >= 15 is 0 Å². The molecule has 148 valence electrons. The van der Waals surface area contributed by atoms with Crippen LogP contribution in [0, 0.1) is 0 Å². The van der Waals surface area contributed by atoms with Gasteiger partial charge in [0.15, 0.2) is 11.5 Å². The third-order valence-electron chi connectivity index (χ3n) is 4.68. The van der Waals surface area contributed by atoms with Crippen LogP contribution in [0.3, 0.4) is 0 Å². The molecule has 2 amide bonds. The van der Waals surface area contributed by atoms with E-state index in [1.165, 1.54) is 0 Å². The normalized spacial score (nSPS) is 13.8. The predicted molar refractivity (Wildman–Crippen MR) is 105 cm³/mol. The number of rotatable bonds is 5. The number of pyridine rings is 1. The van der Waals surface area contributed by atoms with Crippen molar-refractivity contribution in [2.45, 2.75) is 6.92 Å². The molecule has 1 aliphatic heterocycles. The number of carbonyl (C=O) groups excluding carboxylic acids is 2. The van der Waals surface area contributed by atoms with Gasteiger partial charge in [-0.3, -0.25) is 9.59 Å². The molecule has 0 atom stereocenters. The zero-order chi connectivity index (χ0) is 20.1. The van der Waals surface area contributed by atoms with Crippen molar-refractivity contribution in [2.24, 2.45) is 0 Å². The summed E-state index contributed by atoms with van der Waals surface area (Å²) in [4.78, 5) is 31.9. The lowest BCUT2D eigenvalue weighted by Gasteiger charge is -2.34. The van der Waals surface area contributed by atoms with E-state index < -0.39 is 0 Å². The maximum Gasteiger partial charge on any atom is 0.255 e. The minimum atomic E-state index is -0.0756. The quantitative estimate of drug-likeness (QED) is 0.850. The summed E-state index contributed by atoms with van der Waals surface area (Å²) in [6.07, 6.45) is 1.56. The van der Waals surface area contributed by atoms with Crippen LogP contribution in [0.1, 0.15) is 17.3 Å². The van der Waals surface area contributed by atoms with Gasteiger partial charge in [-0.1, -0.05) is 0 Å². The third-order valence-corrected chi connectivity index (χ3v) is 4.68. The van der Waals surface area contributed by atoms with Crippen LogP contribution in [-0.2, 0) is 4.79 Å². The first-order valence-corrected chi connectivity index (χ1v) is 9.01. The van der Waals surface area contributed by atoms with Gasteiger partial charge < -0.3 is 24.6 Å². The van der Waals surface area contributed by atoms with Gasteiger partial charge in [-0.2, -0.15) is 0 Å². The van der Waals surface area contributed by atoms with Crippen LogP contribution in [-0.4, -0.2) is 67.0 Å². The number of hydrogen-bond acceptors (Lipinski definition) is 6. The fourth-order valence-electron chi connectivity index (χ4n) is 3.06. The lowest BCUT2D eigenvalue weighted by atomic mass is 10.2. The van der Waals surface area contributed by atoms with Gasteiger partial charge in [-0.15, -0.1) is 0 Å². The Bertz CT molecular complexity index is 846. The van der Waals surface area contributed by atoms with Crippen LogP contribution in [0.15, 0.2) is 36.5 Å². The molecule has 2 aromatic rings. The number of piperazine rings is 1. The number of methoxy groups -OCH3 is 2. The number of nitrogens with zero attached hydrogens (tertiary/aromatic N) is 3. The molecular formula is C20H24N4O4. The fourth-order valence-corrected chi connectivity index (χ4v) is 3.06. The van der Waals surface area contributed by atoms with Crippen molar-refractivity contribution in [3.63, 3.8) is 0 Å². The molecule has 0 aliphatic carbocycles. The van der Waals surface area contributed by atoms with Gasteiger partial charge >= 0.3 is 0 Å². The van der Waals surface area contributed by atoms with E-state index in [1.54, 1.807) is 55.3 Å². The van der Waals surface area contributed by atoms with E-state index in [9.17, 15) is 9.59 Å². The van der Waals surface area contributed by atoms with Crippen molar-refractivity contribution in [3.05, 3.63) is 42.1 Å². The summed E-state index contributed by atoms with van der Waals surface area (Å²) < 4.78 is 10.5. The van der Waals surface area contributed by atoms with Gasteiger partial charge in [0.05, 0.1) is 19.8 Å². The summed E-state index contributed by atoms with van der Waals surface area (Å²) in [6, 6.07) is 8.98. The van der Waals surface area contributed by atoms with Gasteiger partial charge in [-0.05, 0) is 24.3 Å². The molecule has 1 aromatic heterocycles. The minimum absolute atomic E-state index is 0.0411. The Morgan fingerprint density at radius 3 is 2.21 bits per heavy atom. The maximum absolute atomic E-state index is 12.6. The Labute approximate surface area is 164 Å². The Balaban J connectivity index is 1.64. The zero-order valence-corrected chi connectivity index (χ0v) is 16.3. The van der Waals surface area contributed by atoms with E-state index in [0.717, 1.165) is 5.69 Å². The van der Waals surface area contributed by atoms with Gasteiger partial charge in [-0.25, -0.2) is 4.98 Å². The highest BCUT2D eigenvalue weighted by Gasteiger charge is 2.23. The van der Waals surface area contributed by atoms with Crippen molar-refractivity contribution in [2.75, 3.05) is 45.7 Å². The van der Waals surface area contributed by atoms with Crippen molar-refractivity contribution >= 4 is 23.3 Å². The number of nitrogens with one attached hydrogen (secondary N) is 1. The Morgan fingerprint density at radius 2 is 1.64 bits per heavy atom. The largest absolute Gasteiger partial charge is 0.493 e. The molecule has 1 fully saturated rings. The number of anilines is 2. The molecule has 0 spiro atoms. The zero-order valence-electron chi connectivity index (χ0n) is 16.3. The summed E-state index contributed by atoms with van der Waals surface area (Å²) in [6.45, 7) is 3.74. The number of benzene rings is 1. The molecule has 3 rings (SSSR count). The van der Waals surface area contributed by atoms with Gasteiger partial charge in [0.2, 0.25) is 5.91 Å². The first-order valence-electron chi connectivity index (χ1n) is 9.01. The first-order chi connectivity index (χ1) is 13.5. The molecule has 1 N–H and O–H groups in total. The van der Waals surface area contributed by atoms with Gasteiger partial charge in [0.1, 0.15) is 5.82 Å². The third kappa shape index (κ3) is 4.33. The van der Waals surface area contributed by atoms with Crippen LogP contribution in [0.5, 0.6) is 11.5 Å². The average molecular weight is 384 g/mol. The highest BCUT2D eigenvalue weighted by Crippen LogP contribution is 2.30. The summed E-state index contributed by atoms with van der Waals surface area (Å²) >= 11 is 0. The first kappa shape index (κ1) is 19.5. The minimum Gasteiger partial charge on any atom is -0.493 e. The van der Waals surface area contributed by atoms with E-state index in [0.29, 0.717) is 49.1 Å². The highest BCUT2D eigenvalue weighted by atomic mass is 16.5. The van der Waals surface area contributed by atoms with E-state index in [4.69, 9.17) is 9.47 Å². The fraction of sp³-hybridized carbons (Fsp3) is 0.350. The second-order valence-corrected chi connectivity index (χ2v) is 6.43. The summed E-state index contributed by atoms with van der Waals surface area (Å²) in [7, 11) is 3.17. The van der Waals surface area contributed by atoms with Crippen LogP contribution >= 0.6 is 0 Å². The van der Waals surface area contributed by atoms with Gasteiger partial charge in [0.25, 0.3) is 5.91 Å². The van der Waals surface area contributed by atoms with Crippen LogP contribution in [0.2, 0.25) is 0 Å². The lowest BCUT2D eigenvalue weighted by Crippen LogP contribution is -2.50. The standard InChI is InChI=1S/C20H24N4O4/c1-14(25)23-8-10-24(11-9-23)20(26)15-4-7-19(21-13-15)22-16-5-6-17(27-2)18(12-16)28-3/h4-7,12-13H,8-11H2,1-3H3,(H,21,22). The maximum atomic E-state index is 12.6. The van der Waals surface area contributed by atoms with Crippen LogP contribution in [0.4, 0.5) is 11.5 Å². The Kier molecular flexibility index (Phi) is 5.98. The topological polar surface area (TPSA) is 84.0 Å². The van der Waals surface area contributed by atoms with Crippen molar-refractivity contribution in [1.82, 2.24) is 14.8 Å². The number of hydrogen-bond donors (Lipinski definition) is 1. The molecule has 8 nitrogen and oxygen atoms in total. The number of carbonyl (C=O) groups is 2. The van der Waals surface area contributed by atoms with Crippen molar-refractivity contribution < 1.29 is 19.1 Å². The Morgan fingerprint density at radius 1 is 0.964 bits per heavy atom. The monoisotopic (exact) mass is 384 g/mol. The Hall–Kier alpha value is -3.29. The summed E-state index contributed by atoms with van der Waals surface area (Å²) in [5, 5.41) is 3.18.